The van der Waals surface area contributed by atoms with Gasteiger partial charge >= 0.3 is 0 Å². The lowest BCUT2D eigenvalue weighted by Gasteiger charge is -2.32. The highest BCUT2D eigenvalue weighted by Gasteiger charge is 2.32. The number of rotatable bonds is 5. The fourth-order valence-electron chi connectivity index (χ4n) is 3.26. The Morgan fingerprint density at radius 3 is 2.76 bits per heavy atom. The summed E-state index contributed by atoms with van der Waals surface area (Å²) in [6.45, 7) is 5.28. The van der Waals surface area contributed by atoms with Crippen molar-refractivity contribution in [2.75, 3.05) is 24.5 Å². The molecule has 2 fully saturated rings. The lowest BCUT2D eigenvalue weighted by Crippen LogP contribution is -2.39. The van der Waals surface area contributed by atoms with Crippen LogP contribution in [0.5, 0.6) is 0 Å². The second-order valence-electron chi connectivity index (χ2n) is 6.32. The molecule has 0 radical (unpaired) electrons. The SMILES string of the molecule is Cc1cc([N+](=O)[O-])ccc1N(CC1CCCNC1)C1CC1. The summed E-state index contributed by atoms with van der Waals surface area (Å²) in [6.07, 6.45) is 5.03. The molecular weight excluding hydrogens is 266 g/mol. The van der Waals surface area contributed by atoms with Crippen LogP contribution in [0.3, 0.4) is 0 Å². The third kappa shape index (κ3) is 3.35. The van der Waals surface area contributed by atoms with Crippen LogP contribution in [0.1, 0.15) is 31.2 Å². The highest BCUT2D eigenvalue weighted by molar-refractivity contribution is 5.58. The van der Waals surface area contributed by atoms with Gasteiger partial charge in [0.05, 0.1) is 4.92 Å². The van der Waals surface area contributed by atoms with Crippen LogP contribution < -0.4 is 10.2 Å². The van der Waals surface area contributed by atoms with E-state index >= 15 is 0 Å². The van der Waals surface area contributed by atoms with Crippen molar-refractivity contribution in [3.05, 3.63) is 33.9 Å². The van der Waals surface area contributed by atoms with Crippen molar-refractivity contribution in [3.63, 3.8) is 0 Å². The van der Waals surface area contributed by atoms with Gasteiger partial charge in [0.2, 0.25) is 0 Å². The van der Waals surface area contributed by atoms with E-state index in [4.69, 9.17) is 0 Å². The number of aryl methyl sites for hydroxylation is 1. The first-order chi connectivity index (χ1) is 10.1. The second-order valence-corrected chi connectivity index (χ2v) is 6.32. The average molecular weight is 289 g/mol. The number of benzene rings is 1. The highest BCUT2D eigenvalue weighted by atomic mass is 16.6. The van der Waals surface area contributed by atoms with E-state index in [1.807, 2.05) is 13.0 Å². The van der Waals surface area contributed by atoms with Gasteiger partial charge in [-0.3, -0.25) is 10.1 Å². The lowest BCUT2D eigenvalue weighted by molar-refractivity contribution is -0.384. The maximum absolute atomic E-state index is 10.9. The van der Waals surface area contributed by atoms with Gasteiger partial charge in [-0.15, -0.1) is 0 Å². The van der Waals surface area contributed by atoms with E-state index in [0.29, 0.717) is 12.0 Å². The Kier molecular flexibility index (Phi) is 4.10. The smallest absolute Gasteiger partial charge is 0.269 e. The Labute approximate surface area is 125 Å². The van der Waals surface area contributed by atoms with Crippen LogP contribution in [-0.2, 0) is 0 Å². The Bertz CT molecular complexity index is 522. The molecule has 0 aromatic heterocycles. The zero-order chi connectivity index (χ0) is 14.8. The normalized spacial score (nSPS) is 22.0. The van der Waals surface area contributed by atoms with Crippen LogP contribution in [0.2, 0.25) is 0 Å². The van der Waals surface area contributed by atoms with Crippen molar-refractivity contribution in [2.24, 2.45) is 5.92 Å². The number of non-ortho nitro benzene ring substituents is 1. The van der Waals surface area contributed by atoms with Crippen LogP contribution in [0.25, 0.3) is 0 Å². The molecule has 1 saturated heterocycles. The van der Waals surface area contributed by atoms with E-state index in [-0.39, 0.29) is 10.6 Å². The first-order valence-electron chi connectivity index (χ1n) is 7.87. The topological polar surface area (TPSA) is 58.4 Å². The summed E-state index contributed by atoms with van der Waals surface area (Å²) in [5.74, 6) is 0.689. The van der Waals surface area contributed by atoms with Gasteiger partial charge < -0.3 is 10.2 Å². The first kappa shape index (κ1) is 14.3. The quantitative estimate of drug-likeness (QED) is 0.669. The van der Waals surface area contributed by atoms with Gasteiger partial charge in [-0.1, -0.05) is 0 Å². The zero-order valence-corrected chi connectivity index (χ0v) is 12.5. The molecule has 2 aliphatic rings. The fraction of sp³-hybridized carbons (Fsp3) is 0.625. The van der Waals surface area contributed by atoms with E-state index in [9.17, 15) is 10.1 Å². The standard InChI is InChI=1S/C16H23N3O2/c1-12-9-15(19(20)21)6-7-16(12)18(14-4-5-14)11-13-3-2-8-17-10-13/h6-7,9,13-14,17H,2-5,8,10-11H2,1H3. The Morgan fingerprint density at radius 2 is 2.19 bits per heavy atom. The number of hydrogen-bond acceptors (Lipinski definition) is 4. The molecule has 1 saturated carbocycles. The van der Waals surface area contributed by atoms with Gasteiger partial charge in [-0.05, 0) is 63.2 Å². The van der Waals surface area contributed by atoms with E-state index in [2.05, 4.69) is 10.2 Å². The first-order valence-corrected chi connectivity index (χ1v) is 7.87. The molecule has 1 N–H and O–H groups in total. The summed E-state index contributed by atoms with van der Waals surface area (Å²) < 4.78 is 0. The molecule has 3 rings (SSSR count). The summed E-state index contributed by atoms with van der Waals surface area (Å²) in [5.41, 5.74) is 2.37. The van der Waals surface area contributed by atoms with Gasteiger partial charge in [0.1, 0.15) is 0 Å². The summed E-state index contributed by atoms with van der Waals surface area (Å²) in [5, 5.41) is 14.4. The van der Waals surface area contributed by atoms with Gasteiger partial charge in [0.25, 0.3) is 5.69 Å². The van der Waals surface area contributed by atoms with Gasteiger partial charge in [0.15, 0.2) is 0 Å². The molecule has 1 atom stereocenters. The van der Waals surface area contributed by atoms with Crippen LogP contribution in [0.15, 0.2) is 18.2 Å². The second kappa shape index (κ2) is 6.02. The summed E-state index contributed by atoms with van der Waals surface area (Å²) in [7, 11) is 0. The number of hydrogen-bond donors (Lipinski definition) is 1. The zero-order valence-electron chi connectivity index (χ0n) is 12.5. The van der Waals surface area contributed by atoms with Crippen LogP contribution in [0.4, 0.5) is 11.4 Å². The Morgan fingerprint density at radius 1 is 1.38 bits per heavy atom. The average Bonchev–Trinajstić information content (AvgIpc) is 3.31. The molecule has 114 valence electrons. The minimum Gasteiger partial charge on any atom is -0.368 e. The fourth-order valence-corrected chi connectivity index (χ4v) is 3.26. The summed E-state index contributed by atoms with van der Waals surface area (Å²) >= 11 is 0. The third-order valence-corrected chi connectivity index (χ3v) is 4.54. The minimum atomic E-state index is -0.316. The number of nitro benzene ring substituents is 1. The molecular formula is C16H23N3O2. The highest BCUT2D eigenvalue weighted by Crippen LogP contribution is 2.35. The van der Waals surface area contributed by atoms with Crippen molar-refractivity contribution in [1.29, 1.82) is 0 Å². The molecule has 1 aromatic carbocycles. The van der Waals surface area contributed by atoms with Gasteiger partial charge in [-0.25, -0.2) is 0 Å². The molecule has 1 aliphatic carbocycles. The minimum absolute atomic E-state index is 0.186. The number of anilines is 1. The van der Waals surface area contributed by atoms with Crippen LogP contribution in [-0.4, -0.2) is 30.6 Å². The molecule has 21 heavy (non-hydrogen) atoms. The maximum Gasteiger partial charge on any atom is 0.269 e. The van der Waals surface area contributed by atoms with Crippen molar-refractivity contribution in [2.45, 2.75) is 38.6 Å². The predicted octanol–water partition coefficient (Wildman–Crippen LogP) is 2.87. The molecule has 1 unspecified atom stereocenters. The predicted molar refractivity (Wildman–Crippen MR) is 83.8 cm³/mol. The number of nitro groups is 1. The number of nitrogens with zero attached hydrogens (tertiary/aromatic N) is 2. The molecule has 0 spiro atoms. The summed E-state index contributed by atoms with van der Waals surface area (Å²) in [4.78, 5) is 13.0. The van der Waals surface area contributed by atoms with E-state index in [1.165, 1.54) is 31.4 Å². The number of nitrogens with one attached hydrogen (secondary N) is 1. The monoisotopic (exact) mass is 289 g/mol. The molecule has 5 heteroatoms. The van der Waals surface area contributed by atoms with Crippen LogP contribution in [0, 0.1) is 23.0 Å². The summed E-state index contributed by atoms with van der Waals surface area (Å²) in [6, 6.07) is 5.90. The Hall–Kier alpha value is -1.62. The van der Waals surface area contributed by atoms with Crippen LogP contribution >= 0.6 is 0 Å². The van der Waals surface area contributed by atoms with E-state index < -0.39 is 0 Å². The molecule has 1 aliphatic heterocycles. The van der Waals surface area contributed by atoms with Crippen molar-refractivity contribution in [3.8, 4) is 0 Å². The third-order valence-electron chi connectivity index (χ3n) is 4.54. The van der Waals surface area contributed by atoms with Gasteiger partial charge in [0, 0.05) is 30.4 Å². The number of piperidine rings is 1. The molecule has 1 heterocycles. The maximum atomic E-state index is 10.9. The lowest BCUT2D eigenvalue weighted by atomic mass is 9.98. The molecule has 5 nitrogen and oxygen atoms in total. The van der Waals surface area contributed by atoms with Crippen molar-refractivity contribution >= 4 is 11.4 Å². The largest absolute Gasteiger partial charge is 0.368 e. The Balaban J connectivity index is 1.78. The molecule has 0 amide bonds. The van der Waals surface area contributed by atoms with Gasteiger partial charge in [-0.2, -0.15) is 0 Å². The van der Waals surface area contributed by atoms with E-state index in [1.54, 1.807) is 12.1 Å². The van der Waals surface area contributed by atoms with Crippen molar-refractivity contribution in [1.82, 2.24) is 5.32 Å². The molecule has 0 bridgehead atoms. The van der Waals surface area contributed by atoms with Crippen molar-refractivity contribution < 1.29 is 4.92 Å². The van der Waals surface area contributed by atoms with E-state index in [0.717, 1.165) is 25.2 Å². The molecule has 1 aromatic rings.